The van der Waals surface area contributed by atoms with Crippen LogP contribution < -0.4 is 40.1 Å². The van der Waals surface area contributed by atoms with Crippen LogP contribution in [0.1, 0.15) is 30.4 Å². The summed E-state index contributed by atoms with van der Waals surface area (Å²) in [6.45, 7) is 1.43. The Hall–Kier alpha value is -2.06. The average Bonchev–Trinajstić information content (AvgIpc) is 2.54. The number of ketones is 1. The quantitative estimate of drug-likeness (QED) is 0.610. The largest absolute Gasteiger partial charge is 1.00 e. The monoisotopic (exact) mass is 328 g/mol. The summed E-state index contributed by atoms with van der Waals surface area (Å²) in [6.07, 6.45) is 0.0616. The van der Waals surface area contributed by atoms with Gasteiger partial charge in [0.2, 0.25) is 5.43 Å². The van der Waals surface area contributed by atoms with Crippen LogP contribution in [0.5, 0.6) is 5.95 Å². The van der Waals surface area contributed by atoms with E-state index in [0.717, 1.165) is 5.56 Å². The second kappa shape index (κ2) is 7.67. The summed E-state index contributed by atoms with van der Waals surface area (Å²) in [6, 6.07) is 17.4. The van der Waals surface area contributed by atoms with Crippen LogP contribution >= 0.6 is 0 Å². The van der Waals surface area contributed by atoms with Crippen molar-refractivity contribution in [1.82, 2.24) is 0 Å². The summed E-state index contributed by atoms with van der Waals surface area (Å²) in [5.41, 5.74) is 0.418. The van der Waals surface area contributed by atoms with E-state index in [2.05, 4.69) is 12.1 Å². The minimum absolute atomic E-state index is 0. The zero-order valence-corrected chi connectivity index (χ0v) is 15.5. The minimum atomic E-state index is -0.711. The summed E-state index contributed by atoms with van der Waals surface area (Å²) in [7, 11) is 0. The van der Waals surface area contributed by atoms with E-state index >= 15 is 0 Å². The summed E-state index contributed by atoms with van der Waals surface area (Å²) in [5, 5.41) is 12.5. The van der Waals surface area contributed by atoms with Crippen LogP contribution in [0.4, 0.5) is 0 Å². The molecule has 0 amide bonds. The predicted molar refractivity (Wildman–Crippen MR) is 83.2 cm³/mol. The van der Waals surface area contributed by atoms with Crippen molar-refractivity contribution in [1.29, 1.82) is 0 Å². The van der Waals surface area contributed by atoms with Crippen LogP contribution in [0.15, 0.2) is 51.7 Å². The number of rotatable bonds is 4. The third-order valence-corrected chi connectivity index (χ3v) is 3.70. The third-order valence-electron chi connectivity index (χ3n) is 3.70. The normalized spacial score (nSPS) is 11.4. The maximum atomic E-state index is 12.7. The molecule has 0 aliphatic heterocycles. The van der Waals surface area contributed by atoms with Gasteiger partial charge in [-0.1, -0.05) is 42.5 Å². The first kappa shape index (κ1) is 18.3. The molecule has 0 radical (unpaired) electrons. The van der Waals surface area contributed by atoms with Gasteiger partial charge in [-0.2, -0.15) is 0 Å². The van der Waals surface area contributed by atoms with Crippen LogP contribution in [0.25, 0.3) is 11.0 Å². The molecule has 5 heteroatoms. The van der Waals surface area contributed by atoms with Crippen molar-refractivity contribution in [3.8, 4) is 5.95 Å². The molecule has 0 aliphatic rings. The van der Waals surface area contributed by atoms with Gasteiger partial charge in [0.15, 0.2) is 0 Å². The van der Waals surface area contributed by atoms with Crippen LogP contribution in [-0.4, -0.2) is 5.78 Å². The molecule has 1 aromatic heterocycles. The Morgan fingerprint density at radius 1 is 1.25 bits per heavy atom. The summed E-state index contributed by atoms with van der Waals surface area (Å²) in [5.74, 6) is -1.45. The van der Waals surface area contributed by atoms with E-state index in [-0.39, 0.29) is 58.3 Å². The first-order valence-electron chi connectivity index (χ1n) is 7.18. The first-order chi connectivity index (χ1) is 11.1. The van der Waals surface area contributed by atoms with Crippen LogP contribution in [0, 0.1) is 12.1 Å². The Bertz CT molecular complexity index is 916. The molecule has 0 saturated heterocycles. The van der Waals surface area contributed by atoms with Gasteiger partial charge in [-0.25, -0.2) is 0 Å². The smallest absolute Gasteiger partial charge is 0.578 e. The second-order valence-electron chi connectivity index (χ2n) is 5.34. The molecule has 0 saturated carbocycles. The Morgan fingerprint density at radius 2 is 1.96 bits per heavy atom. The zero-order chi connectivity index (χ0) is 16.4. The van der Waals surface area contributed by atoms with E-state index in [1.807, 2.05) is 6.07 Å². The second-order valence-corrected chi connectivity index (χ2v) is 5.34. The van der Waals surface area contributed by atoms with Gasteiger partial charge < -0.3 is 9.52 Å². The van der Waals surface area contributed by atoms with Gasteiger partial charge in [0.05, 0.1) is 11.3 Å². The Morgan fingerprint density at radius 3 is 2.62 bits per heavy atom. The topological polar surface area (TPSA) is 70.3 Å². The van der Waals surface area contributed by atoms with Crippen molar-refractivity contribution in [2.75, 3.05) is 0 Å². The fourth-order valence-corrected chi connectivity index (χ4v) is 2.67. The van der Waals surface area contributed by atoms with Crippen LogP contribution in [-0.2, 0) is 4.79 Å². The molecule has 24 heavy (non-hydrogen) atoms. The standard InChI is InChI=1S/C19H14O4.Na/c1-12(20)11-15(13-7-3-2-4-8-13)17-18(21)14-9-5-6-10-16(14)23-19(17)22;/h2-4,6-8,10,15,22H,11H2,1H3;/q;+1/p-1. The molecule has 0 spiro atoms. The SMILES string of the molecule is CC(=O)CC(c1ccccc1)c1c([O-])oc2ccc#cc2c1=O.[Na+]. The van der Waals surface area contributed by atoms with Crippen molar-refractivity contribution in [3.05, 3.63) is 75.9 Å². The maximum Gasteiger partial charge on any atom is 1.00 e. The molecule has 2 aromatic carbocycles. The molecule has 0 bridgehead atoms. The fourth-order valence-electron chi connectivity index (χ4n) is 2.67. The number of hydrogen-bond donors (Lipinski definition) is 0. The molecular weight excluding hydrogens is 315 g/mol. The maximum absolute atomic E-state index is 12.7. The Labute approximate surface area is 161 Å². The third kappa shape index (κ3) is 3.54. The number of fused-ring (bicyclic) bond motifs is 1. The van der Waals surface area contributed by atoms with Gasteiger partial charge in [0.1, 0.15) is 5.78 Å². The summed E-state index contributed by atoms with van der Waals surface area (Å²) < 4.78 is 5.24. The van der Waals surface area contributed by atoms with E-state index in [4.69, 9.17) is 4.42 Å². The number of benzene rings is 1. The molecule has 1 heterocycles. The Balaban J connectivity index is 0.00000208. The molecule has 0 fully saturated rings. The number of Topliss-reactive ketones (excluding diaryl/α,β-unsaturated/α-hetero) is 1. The summed E-state index contributed by atoms with van der Waals surface area (Å²) >= 11 is 0. The van der Waals surface area contributed by atoms with Crippen molar-refractivity contribution < 1.29 is 43.9 Å². The van der Waals surface area contributed by atoms with E-state index in [1.165, 1.54) is 19.1 Å². The fraction of sp³-hybridized carbons (Fsp3) is 0.158. The van der Waals surface area contributed by atoms with Crippen LogP contribution in [0.2, 0.25) is 0 Å². The number of carbonyl (C=O) groups excluding carboxylic acids is 1. The molecule has 0 aliphatic carbocycles. The van der Waals surface area contributed by atoms with Crippen molar-refractivity contribution in [2.45, 2.75) is 19.3 Å². The van der Waals surface area contributed by atoms with E-state index in [0.29, 0.717) is 0 Å². The molecule has 0 N–H and O–H groups in total. The molecule has 1 unspecified atom stereocenters. The van der Waals surface area contributed by atoms with Crippen molar-refractivity contribution in [3.63, 3.8) is 0 Å². The minimum Gasteiger partial charge on any atom is -0.578 e. The van der Waals surface area contributed by atoms with Gasteiger partial charge in [-0.15, -0.1) is 0 Å². The van der Waals surface area contributed by atoms with E-state index in [1.54, 1.807) is 24.3 Å². The van der Waals surface area contributed by atoms with Crippen molar-refractivity contribution in [2.24, 2.45) is 0 Å². The van der Waals surface area contributed by atoms with E-state index < -0.39 is 17.3 Å². The van der Waals surface area contributed by atoms with Gasteiger partial charge in [0.25, 0.3) is 0 Å². The van der Waals surface area contributed by atoms with Gasteiger partial charge >= 0.3 is 29.6 Å². The van der Waals surface area contributed by atoms with Crippen LogP contribution in [0.3, 0.4) is 0 Å². The average molecular weight is 328 g/mol. The molecule has 1 atom stereocenters. The number of carbonyl (C=O) groups is 1. The molecule has 114 valence electrons. The number of hydrogen-bond acceptors (Lipinski definition) is 4. The zero-order valence-electron chi connectivity index (χ0n) is 13.5. The van der Waals surface area contributed by atoms with E-state index in [9.17, 15) is 14.7 Å². The Kier molecular flexibility index (Phi) is 5.84. The first-order valence-corrected chi connectivity index (χ1v) is 7.18. The molecule has 3 aromatic rings. The summed E-state index contributed by atoms with van der Waals surface area (Å²) in [4.78, 5) is 24.4. The van der Waals surface area contributed by atoms with Gasteiger partial charge in [-0.3, -0.25) is 9.59 Å². The molecular formula is C19H13NaO4. The van der Waals surface area contributed by atoms with Gasteiger partial charge in [-0.05, 0) is 24.6 Å². The van der Waals surface area contributed by atoms with Crippen molar-refractivity contribution >= 4 is 16.8 Å². The van der Waals surface area contributed by atoms with Gasteiger partial charge in [0, 0.05) is 23.5 Å². The predicted octanol–water partition coefficient (Wildman–Crippen LogP) is -0.418. The molecule has 4 nitrogen and oxygen atoms in total. The molecule has 3 rings (SSSR count).